The van der Waals surface area contributed by atoms with Gasteiger partial charge in [-0.25, -0.2) is 17.2 Å². The highest BCUT2D eigenvalue weighted by atomic mass is 32.2. The first kappa shape index (κ1) is 33.6. The van der Waals surface area contributed by atoms with Crippen molar-refractivity contribution >= 4 is 21.6 Å². The van der Waals surface area contributed by atoms with Crippen LogP contribution in [0.3, 0.4) is 0 Å². The second kappa shape index (κ2) is 13.7. The Morgan fingerprint density at radius 3 is 2.41 bits per heavy atom. The van der Waals surface area contributed by atoms with Crippen LogP contribution in [-0.2, 0) is 29.3 Å². The smallest absolute Gasteiger partial charge is 0.251 e. The molecular formula is C34H43F2N3O4S. The lowest BCUT2D eigenvalue weighted by Crippen LogP contribution is -2.49. The van der Waals surface area contributed by atoms with Crippen LogP contribution in [0.5, 0.6) is 0 Å². The van der Waals surface area contributed by atoms with E-state index in [0.29, 0.717) is 5.69 Å². The van der Waals surface area contributed by atoms with Crippen molar-refractivity contribution in [2.24, 2.45) is 5.41 Å². The number of hydrogen-bond donors (Lipinski definition) is 3. The molecule has 0 bridgehead atoms. The van der Waals surface area contributed by atoms with E-state index in [-0.39, 0.29) is 35.5 Å². The molecule has 3 unspecified atom stereocenters. The van der Waals surface area contributed by atoms with Gasteiger partial charge in [-0.3, -0.25) is 9.10 Å². The van der Waals surface area contributed by atoms with E-state index in [4.69, 9.17) is 0 Å². The molecule has 238 valence electrons. The third-order valence-electron chi connectivity index (χ3n) is 7.96. The van der Waals surface area contributed by atoms with Gasteiger partial charge in [0.1, 0.15) is 11.6 Å². The number of aliphatic hydroxyl groups excluding tert-OH is 1. The molecule has 4 rings (SSSR count). The van der Waals surface area contributed by atoms with Gasteiger partial charge in [0, 0.05) is 31.3 Å². The van der Waals surface area contributed by atoms with E-state index in [1.165, 1.54) is 48.0 Å². The van der Waals surface area contributed by atoms with Crippen molar-refractivity contribution in [2.45, 2.75) is 71.1 Å². The first-order valence-corrected chi connectivity index (χ1v) is 16.8. The van der Waals surface area contributed by atoms with Gasteiger partial charge in [0.15, 0.2) is 0 Å². The molecule has 0 radical (unpaired) electrons. The van der Waals surface area contributed by atoms with E-state index >= 15 is 0 Å². The van der Waals surface area contributed by atoms with Gasteiger partial charge in [-0.05, 0) is 90.1 Å². The molecule has 0 spiro atoms. The number of aryl methyl sites for hydroxylation is 1. The van der Waals surface area contributed by atoms with Crippen molar-refractivity contribution < 1.29 is 27.1 Å². The van der Waals surface area contributed by atoms with Gasteiger partial charge in [-0.1, -0.05) is 45.0 Å². The number of aliphatic hydroxyl groups is 1. The van der Waals surface area contributed by atoms with Crippen LogP contribution in [0.15, 0.2) is 60.7 Å². The van der Waals surface area contributed by atoms with Crippen LogP contribution >= 0.6 is 0 Å². The van der Waals surface area contributed by atoms with E-state index in [1.54, 1.807) is 12.1 Å². The van der Waals surface area contributed by atoms with Crippen molar-refractivity contribution in [3.63, 3.8) is 0 Å². The quantitative estimate of drug-likeness (QED) is 0.268. The largest absolute Gasteiger partial charge is 0.390 e. The maximum absolute atomic E-state index is 14.0. The van der Waals surface area contributed by atoms with E-state index in [1.807, 2.05) is 0 Å². The number of benzene rings is 3. The highest BCUT2D eigenvalue weighted by Gasteiger charge is 2.27. The normalized spacial score (nSPS) is 16.6. The topological polar surface area (TPSA) is 98.7 Å². The molecule has 44 heavy (non-hydrogen) atoms. The highest BCUT2D eigenvalue weighted by molar-refractivity contribution is 7.92. The molecule has 3 aromatic carbocycles. The van der Waals surface area contributed by atoms with Crippen LogP contribution in [0, 0.1) is 17.0 Å². The van der Waals surface area contributed by atoms with Crippen LogP contribution in [0.25, 0.3) is 0 Å². The molecule has 3 N–H and O–H groups in total. The van der Waals surface area contributed by atoms with Gasteiger partial charge in [-0.2, -0.15) is 0 Å². The minimum absolute atomic E-state index is 0.0134. The third-order valence-corrected chi connectivity index (χ3v) is 9.17. The molecule has 3 aromatic rings. The van der Waals surface area contributed by atoms with Crippen LogP contribution in [0.4, 0.5) is 14.5 Å². The number of hydrogen-bond acceptors (Lipinski definition) is 5. The van der Waals surface area contributed by atoms with Crippen LogP contribution in [0.2, 0.25) is 0 Å². The lowest BCUT2D eigenvalue weighted by atomic mass is 9.82. The predicted molar refractivity (Wildman–Crippen MR) is 170 cm³/mol. The van der Waals surface area contributed by atoms with Gasteiger partial charge in [0.25, 0.3) is 5.91 Å². The molecule has 10 heteroatoms. The number of rotatable bonds is 11. The van der Waals surface area contributed by atoms with Gasteiger partial charge >= 0.3 is 0 Å². The van der Waals surface area contributed by atoms with Crippen molar-refractivity contribution in [1.82, 2.24) is 10.6 Å². The number of amides is 1. The zero-order chi connectivity index (χ0) is 32.2. The summed E-state index contributed by atoms with van der Waals surface area (Å²) in [5.41, 5.74) is 4.65. The van der Waals surface area contributed by atoms with Gasteiger partial charge in [-0.15, -0.1) is 0 Å². The zero-order valence-electron chi connectivity index (χ0n) is 26.0. The maximum Gasteiger partial charge on any atom is 0.251 e. The summed E-state index contributed by atoms with van der Waals surface area (Å²) in [5.74, 6) is -2.05. The minimum Gasteiger partial charge on any atom is -0.390 e. The van der Waals surface area contributed by atoms with Crippen LogP contribution in [0.1, 0.15) is 72.3 Å². The van der Waals surface area contributed by atoms with Gasteiger partial charge in [0.05, 0.1) is 24.1 Å². The van der Waals surface area contributed by atoms with Crippen molar-refractivity contribution in [1.29, 1.82) is 0 Å². The van der Waals surface area contributed by atoms with E-state index < -0.39 is 39.7 Å². The maximum atomic E-state index is 14.0. The number of nitrogens with one attached hydrogen (secondary N) is 2. The Balaban J connectivity index is 1.54. The second-order valence-corrected chi connectivity index (χ2v) is 15.0. The summed E-state index contributed by atoms with van der Waals surface area (Å²) < 4.78 is 53.2. The SMILES string of the molecule is CN(c1cccc(C(=O)NC(Cc2cc(F)cc(F)c2)C(O)CNC2CCCc3ccc(CC(C)(C)C)cc32)c1)S(C)(=O)=O. The molecule has 0 aromatic heterocycles. The summed E-state index contributed by atoms with van der Waals surface area (Å²) in [6.07, 6.45) is 3.76. The third kappa shape index (κ3) is 9.09. The van der Waals surface area contributed by atoms with Gasteiger partial charge in [0.2, 0.25) is 10.0 Å². The van der Waals surface area contributed by atoms with Crippen molar-refractivity contribution in [2.75, 3.05) is 24.2 Å². The molecule has 0 fully saturated rings. The summed E-state index contributed by atoms with van der Waals surface area (Å²) in [7, 11) is -2.17. The molecule has 7 nitrogen and oxygen atoms in total. The number of nitrogens with zero attached hydrogens (tertiary/aromatic N) is 1. The standard InChI is InChI=1S/C34H43F2N3O4S/c1-34(2,3)20-22-12-13-24-8-7-11-30(29(24)16-22)37-21-32(40)31(17-23-14-26(35)19-27(36)15-23)38-33(41)25-9-6-10-28(18-25)39(4)44(5,42)43/h6,9-10,12-16,18-19,30-32,37,40H,7-8,11,17,20-21H2,1-5H3,(H,38,41). The fourth-order valence-corrected chi connectivity index (χ4v) is 6.24. The number of sulfonamides is 1. The van der Waals surface area contributed by atoms with Crippen molar-refractivity contribution in [3.8, 4) is 0 Å². The van der Waals surface area contributed by atoms with Crippen molar-refractivity contribution in [3.05, 3.63) is 100 Å². The summed E-state index contributed by atoms with van der Waals surface area (Å²) in [4.78, 5) is 13.4. The lowest BCUT2D eigenvalue weighted by Gasteiger charge is -2.31. The lowest BCUT2D eigenvalue weighted by molar-refractivity contribution is 0.0823. The average Bonchev–Trinajstić information content (AvgIpc) is 2.93. The fraction of sp³-hybridized carbons (Fsp3) is 0.441. The Morgan fingerprint density at radius 1 is 1.05 bits per heavy atom. The van der Waals surface area contributed by atoms with Crippen LogP contribution in [-0.4, -0.2) is 51.4 Å². The first-order chi connectivity index (χ1) is 20.6. The molecule has 0 saturated heterocycles. The Morgan fingerprint density at radius 2 is 1.75 bits per heavy atom. The Bertz CT molecular complexity index is 1570. The molecule has 3 atom stereocenters. The van der Waals surface area contributed by atoms with Gasteiger partial charge < -0.3 is 15.7 Å². The number of fused-ring (bicyclic) bond motifs is 1. The predicted octanol–water partition coefficient (Wildman–Crippen LogP) is 5.32. The van der Waals surface area contributed by atoms with E-state index in [2.05, 4.69) is 49.6 Å². The Kier molecular flexibility index (Phi) is 10.5. The summed E-state index contributed by atoms with van der Waals surface area (Å²) in [6, 6.07) is 15.0. The second-order valence-electron chi connectivity index (χ2n) is 13.0. The fourth-order valence-electron chi connectivity index (χ4n) is 5.74. The molecule has 0 heterocycles. The summed E-state index contributed by atoms with van der Waals surface area (Å²) in [5, 5.41) is 17.7. The first-order valence-electron chi connectivity index (χ1n) is 14.9. The zero-order valence-corrected chi connectivity index (χ0v) is 26.8. The Hall–Kier alpha value is -3.34. The molecular weight excluding hydrogens is 584 g/mol. The highest BCUT2D eigenvalue weighted by Crippen LogP contribution is 2.32. The minimum atomic E-state index is -3.55. The number of anilines is 1. The van der Waals surface area contributed by atoms with Crippen LogP contribution < -0.4 is 14.9 Å². The summed E-state index contributed by atoms with van der Waals surface area (Å²) in [6.45, 7) is 6.75. The number of carbonyl (C=O) groups is 1. The van der Waals surface area contributed by atoms with E-state index in [0.717, 1.165) is 42.3 Å². The molecule has 1 amide bonds. The molecule has 0 aliphatic heterocycles. The number of halogens is 2. The molecule has 0 saturated carbocycles. The molecule has 1 aliphatic carbocycles. The molecule has 1 aliphatic rings. The Labute approximate surface area is 259 Å². The number of carbonyl (C=O) groups excluding carboxylic acids is 1. The van der Waals surface area contributed by atoms with E-state index in [9.17, 15) is 27.1 Å². The average molecular weight is 628 g/mol. The monoisotopic (exact) mass is 627 g/mol. The summed E-state index contributed by atoms with van der Waals surface area (Å²) >= 11 is 0.